The second kappa shape index (κ2) is 8.03. The summed E-state index contributed by atoms with van der Waals surface area (Å²) in [7, 11) is 0. The molecule has 1 saturated heterocycles. The molecule has 1 aliphatic rings. The van der Waals surface area contributed by atoms with Gasteiger partial charge in [-0.05, 0) is 59.2 Å². The van der Waals surface area contributed by atoms with Gasteiger partial charge in [-0.3, -0.25) is 9.78 Å². The van der Waals surface area contributed by atoms with Crippen molar-refractivity contribution >= 4 is 12.0 Å². The summed E-state index contributed by atoms with van der Waals surface area (Å²) in [6.45, 7) is 12.2. The number of morpholine rings is 1. The standard InChI is InChI=1S/C19H29N3O4/c1-12-7-16(8-13(2)21-12)9-20-18(24)26-19(5,6)17(23)22-10-14(3)25-15(4)11-22/h7-8,14-15H,9-11H2,1-6H3,(H,20,24)/t14-,15+. The highest BCUT2D eigenvalue weighted by atomic mass is 16.6. The number of aromatic nitrogens is 1. The first-order valence-electron chi connectivity index (χ1n) is 8.92. The molecule has 2 rings (SSSR count). The number of nitrogens with zero attached hydrogens (tertiary/aromatic N) is 2. The largest absolute Gasteiger partial charge is 0.433 e. The summed E-state index contributed by atoms with van der Waals surface area (Å²) in [4.78, 5) is 30.9. The molecule has 1 N–H and O–H groups in total. The number of aryl methyl sites for hydroxylation is 2. The van der Waals surface area contributed by atoms with Crippen LogP contribution in [0.25, 0.3) is 0 Å². The van der Waals surface area contributed by atoms with Crippen molar-refractivity contribution in [2.75, 3.05) is 13.1 Å². The third kappa shape index (κ3) is 5.42. The van der Waals surface area contributed by atoms with E-state index in [1.807, 2.05) is 39.8 Å². The lowest BCUT2D eigenvalue weighted by atomic mass is 10.1. The lowest BCUT2D eigenvalue weighted by molar-refractivity contribution is -0.159. The number of rotatable bonds is 4. The van der Waals surface area contributed by atoms with Crippen molar-refractivity contribution in [3.05, 3.63) is 29.1 Å². The smallest absolute Gasteiger partial charge is 0.408 e. The van der Waals surface area contributed by atoms with Crippen LogP contribution in [0.4, 0.5) is 4.79 Å². The van der Waals surface area contributed by atoms with E-state index in [1.165, 1.54) is 0 Å². The zero-order valence-electron chi connectivity index (χ0n) is 16.5. The van der Waals surface area contributed by atoms with Crippen molar-refractivity contribution in [1.29, 1.82) is 0 Å². The molecule has 0 spiro atoms. The molecule has 0 bridgehead atoms. The van der Waals surface area contributed by atoms with E-state index in [2.05, 4.69) is 10.3 Å². The Kier molecular flexibility index (Phi) is 6.23. The van der Waals surface area contributed by atoms with Gasteiger partial charge in [0.25, 0.3) is 5.91 Å². The second-order valence-corrected chi connectivity index (χ2v) is 7.48. The average molecular weight is 363 g/mol. The minimum Gasteiger partial charge on any atom is -0.433 e. The van der Waals surface area contributed by atoms with Crippen LogP contribution in [0.2, 0.25) is 0 Å². The fraction of sp³-hybridized carbons (Fsp3) is 0.632. The van der Waals surface area contributed by atoms with Crippen LogP contribution in [-0.2, 0) is 20.8 Å². The third-order valence-corrected chi connectivity index (χ3v) is 4.15. The van der Waals surface area contributed by atoms with Gasteiger partial charge in [0.05, 0.1) is 12.2 Å². The first-order valence-corrected chi connectivity index (χ1v) is 8.92. The molecule has 0 radical (unpaired) electrons. The Balaban J connectivity index is 1.92. The predicted molar refractivity (Wildman–Crippen MR) is 97.7 cm³/mol. The highest BCUT2D eigenvalue weighted by molar-refractivity contribution is 5.87. The van der Waals surface area contributed by atoms with Crippen LogP contribution in [0.5, 0.6) is 0 Å². The third-order valence-electron chi connectivity index (χ3n) is 4.15. The van der Waals surface area contributed by atoms with Gasteiger partial charge >= 0.3 is 6.09 Å². The van der Waals surface area contributed by atoms with E-state index in [1.54, 1.807) is 18.7 Å². The SMILES string of the molecule is Cc1cc(CNC(=O)OC(C)(C)C(=O)N2C[C@@H](C)O[C@@H](C)C2)cc(C)n1. The molecule has 1 aromatic heterocycles. The summed E-state index contributed by atoms with van der Waals surface area (Å²) in [5, 5.41) is 2.70. The van der Waals surface area contributed by atoms with Crippen LogP contribution in [0.1, 0.15) is 44.6 Å². The maximum absolute atomic E-state index is 12.8. The van der Waals surface area contributed by atoms with Crippen LogP contribution >= 0.6 is 0 Å². The number of carbonyl (C=O) groups is 2. The van der Waals surface area contributed by atoms with E-state index in [-0.39, 0.29) is 18.1 Å². The molecular formula is C19H29N3O4. The molecular weight excluding hydrogens is 334 g/mol. The first kappa shape index (κ1) is 20.2. The van der Waals surface area contributed by atoms with Gasteiger partial charge in [0.2, 0.25) is 0 Å². The van der Waals surface area contributed by atoms with E-state index in [0.717, 1.165) is 17.0 Å². The number of carbonyl (C=O) groups excluding carboxylic acids is 2. The Morgan fingerprint density at radius 1 is 1.23 bits per heavy atom. The van der Waals surface area contributed by atoms with E-state index in [9.17, 15) is 9.59 Å². The van der Waals surface area contributed by atoms with Gasteiger partial charge in [-0.15, -0.1) is 0 Å². The first-order chi connectivity index (χ1) is 12.1. The molecule has 144 valence electrons. The number of amides is 2. The van der Waals surface area contributed by atoms with Gasteiger partial charge in [0.1, 0.15) is 0 Å². The highest BCUT2D eigenvalue weighted by Crippen LogP contribution is 2.19. The molecule has 7 heteroatoms. The van der Waals surface area contributed by atoms with Crippen LogP contribution in [0.3, 0.4) is 0 Å². The molecule has 26 heavy (non-hydrogen) atoms. The zero-order valence-corrected chi connectivity index (χ0v) is 16.5. The average Bonchev–Trinajstić information content (AvgIpc) is 2.50. The molecule has 2 atom stereocenters. The normalized spacial score (nSPS) is 20.6. The van der Waals surface area contributed by atoms with E-state index < -0.39 is 11.7 Å². The number of hydrogen-bond donors (Lipinski definition) is 1. The van der Waals surface area contributed by atoms with Crippen molar-refractivity contribution in [1.82, 2.24) is 15.2 Å². The molecule has 0 aliphatic carbocycles. The van der Waals surface area contributed by atoms with Gasteiger partial charge in [0, 0.05) is 31.0 Å². The van der Waals surface area contributed by atoms with E-state index in [0.29, 0.717) is 19.6 Å². The molecule has 0 unspecified atom stereocenters. The van der Waals surface area contributed by atoms with Crippen molar-refractivity contribution < 1.29 is 19.1 Å². The summed E-state index contributed by atoms with van der Waals surface area (Å²) in [5.41, 5.74) is 1.47. The van der Waals surface area contributed by atoms with Crippen molar-refractivity contribution in [2.24, 2.45) is 0 Å². The summed E-state index contributed by atoms with van der Waals surface area (Å²) in [6.07, 6.45) is -0.694. The van der Waals surface area contributed by atoms with Crippen molar-refractivity contribution in [3.63, 3.8) is 0 Å². The minimum absolute atomic E-state index is 0.0366. The molecule has 0 aromatic carbocycles. The molecule has 1 aromatic rings. The van der Waals surface area contributed by atoms with Gasteiger partial charge in [0.15, 0.2) is 5.60 Å². The van der Waals surface area contributed by atoms with Crippen LogP contribution in [-0.4, -0.2) is 52.8 Å². The quantitative estimate of drug-likeness (QED) is 0.888. The molecule has 7 nitrogen and oxygen atoms in total. The fourth-order valence-electron chi connectivity index (χ4n) is 3.23. The lowest BCUT2D eigenvalue weighted by Gasteiger charge is -2.38. The number of pyridine rings is 1. The van der Waals surface area contributed by atoms with Gasteiger partial charge < -0.3 is 19.7 Å². The van der Waals surface area contributed by atoms with Gasteiger partial charge in [-0.1, -0.05) is 0 Å². The summed E-state index contributed by atoms with van der Waals surface area (Å²) in [5.74, 6) is -0.217. The van der Waals surface area contributed by atoms with Crippen LogP contribution < -0.4 is 5.32 Å². The second-order valence-electron chi connectivity index (χ2n) is 7.48. The molecule has 2 amide bonds. The van der Waals surface area contributed by atoms with Crippen molar-refractivity contribution in [2.45, 2.75) is 65.9 Å². The lowest BCUT2D eigenvalue weighted by Crippen LogP contribution is -2.55. The zero-order chi connectivity index (χ0) is 19.5. The summed E-state index contributed by atoms with van der Waals surface area (Å²) in [6, 6.07) is 3.81. The van der Waals surface area contributed by atoms with Crippen LogP contribution in [0, 0.1) is 13.8 Å². The van der Waals surface area contributed by atoms with Gasteiger partial charge in [-0.25, -0.2) is 4.79 Å². The summed E-state index contributed by atoms with van der Waals surface area (Å²) < 4.78 is 11.1. The fourth-order valence-corrected chi connectivity index (χ4v) is 3.23. The predicted octanol–water partition coefficient (Wildman–Crippen LogP) is 2.34. The van der Waals surface area contributed by atoms with E-state index in [4.69, 9.17) is 9.47 Å². The Morgan fingerprint density at radius 2 is 1.77 bits per heavy atom. The molecule has 2 heterocycles. The maximum Gasteiger partial charge on any atom is 0.408 e. The molecule has 1 fully saturated rings. The Morgan fingerprint density at radius 3 is 2.31 bits per heavy atom. The van der Waals surface area contributed by atoms with E-state index >= 15 is 0 Å². The number of nitrogens with one attached hydrogen (secondary N) is 1. The maximum atomic E-state index is 12.8. The Bertz CT molecular complexity index is 644. The summed E-state index contributed by atoms with van der Waals surface area (Å²) >= 11 is 0. The molecule has 0 saturated carbocycles. The minimum atomic E-state index is -1.25. The topological polar surface area (TPSA) is 80.8 Å². The monoisotopic (exact) mass is 363 g/mol. The van der Waals surface area contributed by atoms with Crippen LogP contribution in [0.15, 0.2) is 12.1 Å². The number of hydrogen-bond acceptors (Lipinski definition) is 5. The van der Waals surface area contributed by atoms with Gasteiger partial charge in [-0.2, -0.15) is 0 Å². The number of alkyl carbamates (subject to hydrolysis) is 1. The molecule has 1 aliphatic heterocycles. The number of ether oxygens (including phenoxy) is 2. The van der Waals surface area contributed by atoms with Crippen molar-refractivity contribution in [3.8, 4) is 0 Å². The Hall–Kier alpha value is -2.15. The highest BCUT2D eigenvalue weighted by Gasteiger charge is 2.38. The Labute approximate surface area is 155 Å².